The highest BCUT2D eigenvalue weighted by atomic mass is 19.1. The smallest absolute Gasteiger partial charge is 0.123 e. The number of nitrogens with one attached hydrogen (secondary N) is 1. The maximum Gasteiger partial charge on any atom is 0.123 e. The Morgan fingerprint density at radius 2 is 2.00 bits per heavy atom. The molecule has 1 nitrogen and oxygen atoms in total. The van der Waals surface area contributed by atoms with Crippen LogP contribution in [0, 0.1) is 25.6 Å². The van der Waals surface area contributed by atoms with Crippen LogP contribution < -0.4 is 5.32 Å². The number of benzene rings is 2. The highest BCUT2D eigenvalue weighted by Gasteiger charge is 2.38. The average molecular weight is 293 g/mol. The minimum absolute atomic E-state index is 0.159. The van der Waals surface area contributed by atoms with E-state index in [1.54, 1.807) is 6.07 Å². The molecule has 4 rings (SSSR count). The molecule has 0 saturated carbocycles. The predicted octanol–water partition coefficient (Wildman–Crippen LogP) is 5.27. The number of hydrogen-bond donors (Lipinski definition) is 1. The van der Waals surface area contributed by atoms with Gasteiger partial charge in [-0.1, -0.05) is 36.4 Å². The van der Waals surface area contributed by atoms with E-state index in [-0.39, 0.29) is 11.9 Å². The minimum Gasteiger partial charge on any atom is -0.377 e. The van der Waals surface area contributed by atoms with Crippen molar-refractivity contribution < 1.29 is 4.39 Å². The fourth-order valence-electron chi connectivity index (χ4n) is 3.95. The van der Waals surface area contributed by atoms with Gasteiger partial charge in [0.2, 0.25) is 0 Å². The van der Waals surface area contributed by atoms with Gasteiger partial charge in [0.25, 0.3) is 0 Å². The summed E-state index contributed by atoms with van der Waals surface area (Å²) >= 11 is 0. The second-order valence-electron chi connectivity index (χ2n) is 6.50. The van der Waals surface area contributed by atoms with Gasteiger partial charge in [0.05, 0.1) is 6.04 Å². The molecule has 112 valence electrons. The van der Waals surface area contributed by atoms with Crippen molar-refractivity contribution in [2.75, 3.05) is 5.32 Å². The third kappa shape index (κ3) is 1.98. The Labute approximate surface area is 130 Å². The molecule has 0 unspecified atom stereocenters. The number of anilines is 1. The van der Waals surface area contributed by atoms with Crippen LogP contribution in [0.15, 0.2) is 48.6 Å². The van der Waals surface area contributed by atoms with Crippen LogP contribution in [-0.4, -0.2) is 0 Å². The molecule has 22 heavy (non-hydrogen) atoms. The number of rotatable bonds is 1. The number of halogens is 1. The van der Waals surface area contributed by atoms with Gasteiger partial charge in [-0.05, 0) is 60.6 Å². The Bertz CT molecular complexity index is 762. The van der Waals surface area contributed by atoms with Gasteiger partial charge in [-0.3, -0.25) is 0 Å². The zero-order valence-electron chi connectivity index (χ0n) is 12.9. The van der Waals surface area contributed by atoms with Gasteiger partial charge in [0, 0.05) is 11.6 Å². The van der Waals surface area contributed by atoms with Gasteiger partial charge in [-0.15, -0.1) is 0 Å². The summed E-state index contributed by atoms with van der Waals surface area (Å²) in [6.45, 7) is 4.31. The van der Waals surface area contributed by atoms with Crippen LogP contribution >= 0.6 is 0 Å². The van der Waals surface area contributed by atoms with Gasteiger partial charge in [-0.2, -0.15) is 0 Å². The molecule has 0 bridgehead atoms. The number of aryl methyl sites for hydroxylation is 1. The van der Waals surface area contributed by atoms with Gasteiger partial charge >= 0.3 is 0 Å². The van der Waals surface area contributed by atoms with E-state index in [1.165, 1.54) is 28.4 Å². The van der Waals surface area contributed by atoms with E-state index < -0.39 is 0 Å². The Morgan fingerprint density at radius 3 is 2.82 bits per heavy atom. The van der Waals surface area contributed by atoms with Gasteiger partial charge in [0.1, 0.15) is 5.82 Å². The van der Waals surface area contributed by atoms with Crippen molar-refractivity contribution in [2.24, 2.45) is 5.92 Å². The van der Waals surface area contributed by atoms with E-state index in [4.69, 9.17) is 0 Å². The SMILES string of the molecule is Cc1ccc2c(c1C)N[C@H](c1cccc(F)c1)[C@@H]1CC=C[C@H]21. The Morgan fingerprint density at radius 1 is 1.14 bits per heavy atom. The van der Waals surface area contributed by atoms with Crippen molar-refractivity contribution in [1.29, 1.82) is 0 Å². The lowest BCUT2D eigenvalue weighted by Crippen LogP contribution is -2.29. The zero-order valence-corrected chi connectivity index (χ0v) is 12.9. The van der Waals surface area contributed by atoms with Crippen molar-refractivity contribution >= 4 is 5.69 Å². The summed E-state index contributed by atoms with van der Waals surface area (Å²) in [4.78, 5) is 0. The lowest BCUT2D eigenvalue weighted by atomic mass is 9.76. The number of allylic oxidation sites excluding steroid dienone is 2. The topological polar surface area (TPSA) is 12.0 Å². The fraction of sp³-hybridized carbons (Fsp3) is 0.300. The van der Waals surface area contributed by atoms with Crippen molar-refractivity contribution in [2.45, 2.75) is 32.2 Å². The van der Waals surface area contributed by atoms with Gasteiger partial charge in [0.15, 0.2) is 0 Å². The molecule has 0 saturated heterocycles. The summed E-state index contributed by atoms with van der Waals surface area (Å²) in [5.41, 5.74) is 6.27. The maximum atomic E-state index is 13.7. The summed E-state index contributed by atoms with van der Waals surface area (Å²) in [7, 11) is 0. The maximum absolute atomic E-state index is 13.7. The first kappa shape index (κ1) is 13.6. The summed E-state index contributed by atoms with van der Waals surface area (Å²) < 4.78 is 13.7. The first-order valence-electron chi connectivity index (χ1n) is 7.94. The Hall–Kier alpha value is -2.09. The molecule has 1 aliphatic heterocycles. The van der Waals surface area contributed by atoms with E-state index in [1.807, 2.05) is 12.1 Å². The zero-order chi connectivity index (χ0) is 15.3. The molecular weight excluding hydrogens is 273 g/mol. The van der Waals surface area contributed by atoms with Crippen molar-refractivity contribution in [1.82, 2.24) is 0 Å². The van der Waals surface area contributed by atoms with E-state index in [2.05, 4.69) is 43.4 Å². The van der Waals surface area contributed by atoms with E-state index in [9.17, 15) is 4.39 Å². The molecule has 0 aromatic heterocycles. The molecule has 0 amide bonds. The summed E-state index contributed by atoms with van der Waals surface area (Å²) in [5, 5.41) is 3.71. The number of fused-ring (bicyclic) bond motifs is 3. The van der Waals surface area contributed by atoms with Crippen LogP contribution in [-0.2, 0) is 0 Å². The molecule has 2 aromatic rings. The van der Waals surface area contributed by atoms with Crippen molar-refractivity contribution in [3.63, 3.8) is 0 Å². The van der Waals surface area contributed by atoms with E-state index in [0.717, 1.165) is 12.0 Å². The minimum atomic E-state index is -0.159. The van der Waals surface area contributed by atoms with Gasteiger partial charge < -0.3 is 5.32 Å². The molecule has 2 aromatic carbocycles. The monoisotopic (exact) mass is 293 g/mol. The second kappa shape index (κ2) is 4.98. The molecule has 0 radical (unpaired) electrons. The van der Waals surface area contributed by atoms with E-state index in [0.29, 0.717) is 11.8 Å². The van der Waals surface area contributed by atoms with Crippen LogP contribution in [0.2, 0.25) is 0 Å². The molecule has 2 aliphatic rings. The molecule has 1 heterocycles. The summed E-state index contributed by atoms with van der Waals surface area (Å²) in [5.74, 6) is 0.744. The predicted molar refractivity (Wildman–Crippen MR) is 88.7 cm³/mol. The third-order valence-corrected chi connectivity index (χ3v) is 5.28. The first-order valence-corrected chi connectivity index (χ1v) is 7.94. The lowest BCUT2D eigenvalue weighted by Gasteiger charge is -2.38. The van der Waals surface area contributed by atoms with Crippen molar-refractivity contribution in [3.05, 3.63) is 76.6 Å². The second-order valence-corrected chi connectivity index (χ2v) is 6.50. The summed E-state index contributed by atoms with van der Waals surface area (Å²) in [6.07, 6.45) is 5.64. The van der Waals surface area contributed by atoms with Crippen molar-refractivity contribution in [3.8, 4) is 0 Å². The van der Waals surface area contributed by atoms with Gasteiger partial charge in [-0.25, -0.2) is 4.39 Å². The summed E-state index contributed by atoms with van der Waals surface area (Å²) in [6, 6.07) is 11.7. The Kier molecular flexibility index (Phi) is 3.07. The van der Waals surface area contributed by atoms with Crippen LogP contribution in [0.3, 0.4) is 0 Å². The number of hydrogen-bond acceptors (Lipinski definition) is 1. The fourth-order valence-corrected chi connectivity index (χ4v) is 3.95. The van der Waals surface area contributed by atoms with Crippen LogP contribution in [0.25, 0.3) is 0 Å². The molecule has 3 atom stereocenters. The Balaban J connectivity index is 1.84. The first-order chi connectivity index (χ1) is 10.6. The third-order valence-electron chi connectivity index (χ3n) is 5.28. The standard InChI is InChI=1S/C20H20FN/c1-12-9-10-18-16-7-4-8-17(16)20(22-19(18)13(12)2)14-5-3-6-15(21)11-14/h3-7,9-11,16-17,20,22H,8H2,1-2H3/t16-,17+,20+/m0/s1. The lowest BCUT2D eigenvalue weighted by molar-refractivity contribution is 0.423. The largest absolute Gasteiger partial charge is 0.377 e. The molecule has 0 fully saturated rings. The van der Waals surface area contributed by atoms with Crippen LogP contribution in [0.4, 0.5) is 10.1 Å². The molecular formula is C20H20FN. The van der Waals surface area contributed by atoms with Crippen LogP contribution in [0.1, 0.15) is 40.6 Å². The molecule has 2 heteroatoms. The average Bonchev–Trinajstić information content (AvgIpc) is 3.00. The molecule has 1 aliphatic carbocycles. The highest BCUT2D eigenvalue weighted by Crippen LogP contribution is 2.50. The quantitative estimate of drug-likeness (QED) is 0.706. The molecule has 1 N–H and O–H groups in total. The normalized spacial score (nSPS) is 25.5. The molecule has 0 spiro atoms. The van der Waals surface area contributed by atoms with Crippen LogP contribution in [0.5, 0.6) is 0 Å². The highest BCUT2D eigenvalue weighted by molar-refractivity contribution is 5.65. The van der Waals surface area contributed by atoms with E-state index >= 15 is 0 Å².